The van der Waals surface area contributed by atoms with E-state index in [2.05, 4.69) is 34.4 Å². The first-order valence-electron chi connectivity index (χ1n) is 6.98. The van der Waals surface area contributed by atoms with Gasteiger partial charge >= 0.3 is 0 Å². The Morgan fingerprint density at radius 1 is 1.41 bits per heavy atom. The molecule has 1 aromatic rings. The number of aromatic nitrogens is 2. The monoisotopic (exact) mass is 250 g/mol. The van der Waals surface area contributed by atoms with Gasteiger partial charge in [-0.25, -0.2) is 4.98 Å². The minimum Gasteiger partial charge on any atom is -0.332 e. The molecular formula is C14H22N2S. The van der Waals surface area contributed by atoms with Gasteiger partial charge in [0.1, 0.15) is 5.82 Å². The van der Waals surface area contributed by atoms with Crippen molar-refractivity contribution in [3.63, 3.8) is 0 Å². The van der Waals surface area contributed by atoms with Gasteiger partial charge in [0.05, 0.1) is 0 Å². The molecule has 2 aliphatic rings. The molecule has 0 aromatic carbocycles. The second kappa shape index (κ2) is 5.05. The van der Waals surface area contributed by atoms with Crippen molar-refractivity contribution in [2.45, 2.75) is 57.2 Å². The largest absolute Gasteiger partial charge is 0.332 e. The molecule has 3 heterocycles. The SMILES string of the molecule is CC1CCc2cnc(CC3CCCCS3)n2C1. The molecule has 0 aliphatic carbocycles. The van der Waals surface area contributed by atoms with Gasteiger partial charge in [-0.3, -0.25) is 0 Å². The van der Waals surface area contributed by atoms with E-state index in [0.29, 0.717) is 0 Å². The molecule has 0 spiro atoms. The van der Waals surface area contributed by atoms with Crippen molar-refractivity contribution >= 4 is 11.8 Å². The third-order valence-electron chi connectivity index (χ3n) is 4.09. The number of hydrogen-bond acceptors (Lipinski definition) is 2. The Balaban J connectivity index is 1.72. The van der Waals surface area contributed by atoms with Crippen LogP contribution in [0, 0.1) is 5.92 Å². The van der Waals surface area contributed by atoms with E-state index < -0.39 is 0 Å². The van der Waals surface area contributed by atoms with E-state index in [4.69, 9.17) is 0 Å². The molecule has 94 valence electrons. The van der Waals surface area contributed by atoms with Crippen molar-refractivity contribution in [1.82, 2.24) is 9.55 Å². The Morgan fingerprint density at radius 3 is 3.18 bits per heavy atom. The molecule has 1 saturated heterocycles. The van der Waals surface area contributed by atoms with Gasteiger partial charge in [0.15, 0.2) is 0 Å². The summed E-state index contributed by atoms with van der Waals surface area (Å²) in [6.45, 7) is 3.56. The number of imidazole rings is 1. The van der Waals surface area contributed by atoms with E-state index >= 15 is 0 Å². The molecule has 2 aliphatic heterocycles. The predicted octanol–water partition coefficient (Wildman–Crippen LogP) is 3.29. The van der Waals surface area contributed by atoms with Crippen LogP contribution in [0.3, 0.4) is 0 Å². The van der Waals surface area contributed by atoms with Gasteiger partial charge in [0.25, 0.3) is 0 Å². The summed E-state index contributed by atoms with van der Waals surface area (Å²) in [6, 6.07) is 0. The van der Waals surface area contributed by atoms with Crippen LogP contribution >= 0.6 is 11.8 Å². The minimum atomic E-state index is 0.826. The van der Waals surface area contributed by atoms with Crippen molar-refractivity contribution in [2.24, 2.45) is 5.92 Å². The van der Waals surface area contributed by atoms with Crippen LogP contribution in [0.15, 0.2) is 6.20 Å². The average Bonchev–Trinajstić information content (AvgIpc) is 2.73. The van der Waals surface area contributed by atoms with Gasteiger partial charge in [0, 0.05) is 30.1 Å². The van der Waals surface area contributed by atoms with Crippen molar-refractivity contribution in [3.05, 3.63) is 17.7 Å². The number of hydrogen-bond donors (Lipinski definition) is 0. The van der Waals surface area contributed by atoms with Gasteiger partial charge < -0.3 is 4.57 Å². The second-order valence-electron chi connectivity index (χ2n) is 5.61. The summed E-state index contributed by atoms with van der Waals surface area (Å²) < 4.78 is 2.50. The van der Waals surface area contributed by atoms with Gasteiger partial charge in [-0.05, 0) is 37.4 Å². The summed E-state index contributed by atoms with van der Waals surface area (Å²) in [5, 5.41) is 0.826. The molecule has 0 bridgehead atoms. The topological polar surface area (TPSA) is 17.8 Å². The zero-order chi connectivity index (χ0) is 11.7. The lowest BCUT2D eigenvalue weighted by molar-refractivity contribution is 0.389. The van der Waals surface area contributed by atoms with Crippen LogP contribution in [-0.4, -0.2) is 20.6 Å². The first-order valence-corrected chi connectivity index (χ1v) is 8.02. The lowest BCUT2D eigenvalue weighted by Crippen LogP contribution is -2.22. The maximum atomic E-state index is 4.68. The van der Waals surface area contributed by atoms with Gasteiger partial charge in [-0.1, -0.05) is 13.3 Å². The maximum Gasteiger partial charge on any atom is 0.109 e. The van der Waals surface area contributed by atoms with Crippen LogP contribution < -0.4 is 0 Å². The fourth-order valence-electron chi connectivity index (χ4n) is 3.01. The third kappa shape index (κ3) is 2.54. The zero-order valence-corrected chi connectivity index (χ0v) is 11.5. The molecule has 3 heteroatoms. The standard InChI is InChI=1S/C14H22N2S/c1-11-5-6-12-9-15-14(16(12)10-11)8-13-4-2-3-7-17-13/h9,11,13H,2-8,10H2,1H3. The fraction of sp³-hybridized carbons (Fsp3) is 0.786. The number of aryl methyl sites for hydroxylation is 1. The number of thioether (sulfide) groups is 1. The molecule has 1 aromatic heterocycles. The van der Waals surface area contributed by atoms with E-state index in [-0.39, 0.29) is 0 Å². The Kier molecular flexibility index (Phi) is 3.46. The normalized spacial score (nSPS) is 29.0. The van der Waals surface area contributed by atoms with Crippen LogP contribution in [-0.2, 0) is 19.4 Å². The Labute approximate surface area is 108 Å². The van der Waals surface area contributed by atoms with Crippen LogP contribution in [0.25, 0.3) is 0 Å². The molecule has 0 radical (unpaired) electrons. The van der Waals surface area contributed by atoms with E-state index in [1.165, 1.54) is 62.3 Å². The highest BCUT2D eigenvalue weighted by molar-refractivity contribution is 7.99. The molecule has 0 amide bonds. The third-order valence-corrected chi connectivity index (χ3v) is 5.49. The number of nitrogens with zero attached hydrogens (tertiary/aromatic N) is 2. The summed E-state index contributed by atoms with van der Waals surface area (Å²) in [5.74, 6) is 3.54. The number of rotatable bonds is 2. The van der Waals surface area contributed by atoms with Crippen LogP contribution in [0.4, 0.5) is 0 Å². The average molecular weight is 250 g/mol. The molecule has 2 nitrogen and oxygen atoms in total. The van der Waals surface area contributed by atoms with Crippen molar-refractivity contribution in [3.8, 4) is 0 Å². The highest BCUT2D eigenvalue weighted by Crippen LogP contribution is 2.29. The maximum absolute atomic E-state index is 4.68. The van der Waals surface area contributed by atoms with Gasteiger partial charge in [-0.2, -0.15) is 11.8 Å². The lowest BCUT2D eigenvalue weighted by Gasteiger charge is -2.25. The molecule has 0 saturated carbocycles. The predicted molar refractivity (Wildman–Crippen MR) is 73.5 cm³/mol. The van der Waals surface area contributed by atoms with E-state index in [0.717, 1.165) is 11.2 Å². The van der Waals surface area contributed by atoms with Gasteiger partial charge in [0.2, 0.25) is 0 Å². The van der Waals surface area contributed by atoms with Crippen LogP contribution in [0.1, 0.15) is 44.1 Å². The van der Waals surface area contributed by atoms with Crippen molar-refractivity contribution < 1.29 is 0 Å². The highest BCUT2D eigenvalue weighted by Gasteiger charge is 2.21. The summed E-state index contributed by atoms with van der Waals surface area (Å²) in [4.78, 5) is 4.68. The smallest absolute Gasteiger partial charge is 0.109 e. The minimum absolute atomic E-state index is 0.826. The molecule has 0 N–H and O–H groups in total. The molecule has 1 fully saturated rings. The molecule has 2 atom stereocenters. The van der Waals surface area contributed by atoms with E-state index in [9.17, 15) is 0 Å². The van der Waals surface area contributed by atoms with Crippen LogP contribution in [0.5, 0.6) is 0 Å². The summed E-state index contributed by atoms with van der Waals surface area (Å²) >= 11 is 2.16. The molecular weight excluding hydrogens is 228 g/mol. The molecule has 3 rings (SSSR count). The van der Waals surface area contributed by atoms with Crippen LogP contribution in [0.2, 0.25) is 0 Å². The second-order valence-corrected chi connectivity index (χ2v) is 7.02. The van der Waals surface area contributed by atoms with E-state index in [1.807, 2.05) is 0 Å². The van der Waals surface area contributed by atoms with Crippen molar-refractivity contribution in [1.29, 1.82) is 0 Å². The lowest BCUT2D eigenvalue weighted by atomic mass is 10.00. The highest BCUT2D eigenvalue weighted by atomic mass is 32.2. The fourth-order valence-corrected chi connectivity index (χ4v) is 4.31. The first kappa shape index (κ1) is 11.6. The molecule has 17 heavy (non-hydrogen) atoms. The molecule has 2 unspecified atom stereocenters. The van der Waals surface area contributed by atoms with Gasteiger partial charge in [-0.15, -0.1) is 0 Å². The van der Waals surface area contributed by atoms with E-state index in [1.54, 1.807) is 0 Å². The number of fused-ring (bicyclic) bond motifs is 1. The quantitative estimate of drug-likeness (QED) is 0.801. The summed E-state index contributed by atoms with van der Waals surface area (Å²) in [5.41, 5.74) is 1.47. The first-order chi connectivity index (χ1) is 8.33. The summed E-state index contributed by atoms with van der Waals surface area (Å²) in [7, 11) is 0. The zero-order valence-electron chi connectivity index (χ0n) is 10.7. The Hall–Kier alpha value is -0.440. The summed E-state index contributed by atoms with van der Waals surface area (Å²) in [6.07, 6.45) is 10.1. The Morgan fingerprint density at radius 2 is 2.35 bits per heavy atom. The Bertz CT molecular complexity index is 380. The van der Waals surface area contributed by atoms with Crippen molar-refractivity contribution in [2.75, 3.05) is 5.75 Å².